The zero-order valence-corrected chi connectivity index (χ0v) is 20.3. The van der Waals surface area contributed by atoms with Gasteiger partial charge in [-0.1, -0.05) is 23.7 Å². The Bertz CT molecular complexity index is 1150. The maximum Gasteiger partial charge on any atom is 0.229 e. The molecule has 2 atom stereocenters. The van der Waals surface area contributed by atoms with Crippen LogP contribution in [-0.4, -0.2) is 47.3 Å². The predicted octanol–water partition coefficient (Wildman–Crippen LogP) is 2.96. The first kappa shape index (κ1) is 24.7. The van der Waals surface area contributed by atoms with Crippen LogP contribution >= 0.6 is 11.6 Å². The number of hydrogen-bond acceptors (Lipinski definition) is 6. The number of carbonyl (C=O) groups is 2. The molecule has 0 spiro atoms. The van der Waals surface area contributed by atoms with Gasteiger partial charge in [-0.2, -0.15) is 0 Å². The maximum absolute atomic E-state index is 12.9. The van der Waals surface area contributed by atoms with E-state index in [-0.39, 0.29) is 30.8 Å². The molecule has 1 aliphatic rings. The van der Waals surface area contributed by atoms with Crippen LogP contribution in [0.15, 0.2) is 36.4 Å². The third-order valence-electron chi connectivity index (χ3n) is 5.31. The van der Waals surface area contributed by atoms with Gasteiger partial charge in [-0.25, -0.2) is 8.42 Å². The van der Waals surface area contributed by atoms with Gasteiger partial charge in [-0.3, -0.25) is 14.3 Å². The van der Waals surface area contributed by atoms with E-state index in [1.165, 1.54) is 19.1 Å². The first-order valence-electron chi connectivity index (χ1n) is 10.1. The number of amides is 2. The second kappa shape index (κ2) is 9.88. The van der Waals surface area contributed by atoms with E-state index in [1.807, 2.05) is 6.92 Å². The van der Waals surface area contributed by atoms with Crippen molar-refractivity contribution in [3.63, 3.8) is 0 Å². The lowest BCUT2D eigenvalue weighted by Crippen LogP contribution is -2.34. The Labute approximate surface area is 198 Å². The summed E-state index contributed by atoms with van der Waals surface area (Å²) < 4.78 is 35.6. The molecule has 178 valence electrons. The molecule has 0 aromatic heterocycles. The number of hydrogen-bond donors (Lipinski definition) is 2. The lowest BCUT2D eigenvalue weighted by atomic mass is 10.0. The maximum atomic E-state index is 12.9. The number of methoxy groups -OCH3 is 2. The fourth-order valence-electron chi connectivity index (χ4n) is 3.64. The van der Waals surface area contributed by atoms with Crippen molar-refractivity contribution in [3.05, 3.63) is 47.0 Å². The third-order valence-corrected chi connectivity index (χ3v) is 6.21. The van der Waals surface area contributed by atoms with Crippen LogP contribution in [0.2, 0.25) is 5.02 Å². The number of carbonyl (C=O) groups excluding carboxylic acids is 2. The van der Waals surface area contributed by atoms with Crippen molar-refractivity contribution in [1.29, 1.82) is 0 Å². The number of sulfonamides is 1. The Kier molecular flexibility index (Phi) is 7.38. The molecule has 1 saturated heterocycles. The van der Waals surface area contributed by atoms with Crippen molar-refractivity contribution >= 4 is 44.8 Å². The van der Waals surface area contributed by atoms with Gasteiger partial charge < -0.3 is 19.7 Å². The number of nitrogens with one attached hydrogen (secondary N) is 2. The summed E-state index contributed by atoms with van der Waals surface area (Å²) in [5, 5.41) is 3.25. The second-order valence-electron chi connectivity index (χ2n) is 7.79. The molecule has 2 amide bonds. The van der Waals surface area contributed by atoms with E-state index in [9.17, 15) is 18.0 Å². The number of rotatable bonds is 8. The minimum Gasteiger partial charge on any atom is -0.495 e. The topological polar surface area (TPSA) is 114 Å². The first-order chi connectivity index (χ1) is 15.5. The molecule has 2 N–H and O–H groups in total. The smallest absolute Gasteiger partial charge is 0.229 e. The predicted molar refractivity (Wildman–Crippen MR) is 126 cm³/mol. The Hall–Kier alpha value is -2.98. The summed E-state index contributed by atoms with van der Waals surface area (Å²) in [4.78, 5) is 27.1. The molecule has 0 saturated carbocycles. The van der Waals surface area contributed by atoms with Crippen LogP contribution in [0.5, 0.6) is 11.5 Å². The molecule has 2 aromatic carbocycles. The van der Waals surface area contributed by atoms with Crippen molar-refractivity contribution < 1.29 is 27.5 Å². The summed E-state index contributed by atoms with van der Waals surface area (Å²) in [5.74, 6) is -0.169. The number of halogens is 1. The Morgan fingerprint density at radius 2 is 1.79 bits per heavy atom. The molecule has 0 bridgehead atoms. The number of ether oxygens (including phenoxy) is 2. The number of anilines is 2. The Balaban J connectivity index is 1.69. The molecule has 0 unspecified atom stereocenters. The molecular weight excluding hydrogens is 470 g/mol. The van der Waals surface area contributed by atoms with Gasteiger partial charge in [0, 0.05) is 24.7 Å². The Morgan fingerprint density at radius 3 is 2.36 bits per heavy atom. The third kappa shape index (κ3) is 5.88. The minimum atomic E-state index is -3.37. The molecule has 9 nitrogen and oxygen atoms in total. The zero-order chi connectivity index (χ0) is 24.3. The molecular formula is C22H26ClN3O6S. The van der Waals surface area contributed by atoms with Crippen LogP contribution in [0.25, 0.3) is 0 Å². The van der Waals surface area contributed by atoms with Crippen molar-refractivity contribution in [2.45, 2.75) is 19.4 Å². The summed E-state index contributed by atoms with van der Waals surface area (Å²) in [7, 11) is -0.400. The Morgan fingerprint density at radius 1 is 1.15 bits per heavy atom. The lowest BCUT2D eigenvalue weighted by Gasteiger charge is -2.21. The number of nitrogens with zero attached hydrogens (tertiary/aromatic N) is 1. The summed E-state index contributed by atoms with van der Waals surface area (Å²) in [5.41, 5.74) is 1.71. The van der Waals surface area contributed by atoms with Gasteiger partial charge in [0.15, 0.2) is 0 Å². The molecule has 2 aromatic rings. The molecule has 33 heavy (non-hydrogen) atoms. The van der Waals surface area contributed by atoms with E-state index in [0.29, 0.717) is 27.9 Å². The fraction of sp³-hybridized carbons (Fsp3) is 0.364. The normalized spacial score (nSPS) is 16.9. The van der Waals surface area contributed by atoms with E-state index in [2.05, 4.69) is 10.0 Å². The van der Waals surface area contributed by atoms with Crippen LogP contribution in [0, 0.1) is 5.92 Å². The summed E-state index contributed by atoms with van der Waals surface area (Å²) in [6.45, 7) is 2.01. The zero-order valence-electron chi connectivity index (χ0n) is 18.7. The van der Waals surface area contributed by atoms with Crippen molar-refractivity contribution in [1.82, 2.24) is 5.32 Å². The first-order valence-corrected chi connectivity index (χ1v) is 12.4. The van der Waals surface area contributed by atoms with E-state index >= 15 is 0 Å². The highest BCUT2D eigenvalue weighted by Crippen LogP contribution is 2.40. The molecule has 0 radical (unpaired) electrons. The van der Waals surface area contributed by atoms with E-state index in [1.54, 1.807) is 36.4 Å². The highest BCUT2D eigenvalue weighted by atomic mass is 35.5. The molecule has 11 heteroatoms. The highest BCUT2D eigenvalue weighted by molar-refractivity contribution is 7.92. The van der Waals surface area contributed by atoms with Gasteiger partial charge in [0.2, 0.25) is 21.8 Å². The minimum absolute atomic E-state index is 0.0581. The van der Waals surface area contributed by atoms with Crippen LogP contribution in [0.1, 0.15) is 24.9 Å². The number of benzene rings is 2. The van der Waals surface area contributed by atoms with Crippen LogP contribution in [0.4, 0.5) is 11.4 Å². The second-order valence-corrected chi connectivity index (χ2v) is 9.95. The fourth-order valence-corrected chi connectivity index (χ4v) is 4.44. The molecule has 3 rings (SSSR count). The average Bonchev–Trinajstić information content (AvgIpc) is 3.14. The summed E-state index contributed by atoms with van der Waals surface area (Å²) in [6, 6.07) is 9.57. The van der Waals surface area contributed by atoms with Crippen LogP contribution in [-0.2, 0) is 19.6 Å². The van der Waals surface area contributed by atoms with E-state index in [4.69, 9.17) is 21.1 Å². The standard InChI is InChI=1S/C22H26ClN3O6S/c1-13(14-5-7-16(8-6-14)25-33(4,29)30)24-22(28)15-9-21(27)26(12-15)18-10-17(23)19(31-2)11-20(18)32-3/h5-8,10-11,13,15,25H,9,12H2,1-4H3,(H,24,28)/t13-,15+/m1/s1. The van der Waals surface area contributed by atoms with Gasteiger partial charge in [-0.05, 0) is 30.7 Å². The van der Waals surface area contributed by atoms with Crippen molar-refractivity contribution in [3.8, 4) is 11.5 Å². The van der Waals surface area contributed by atoms with Gasteiger partial charge in [-0.15, -0.1) is 0 Å². The molecule has 1 aliphatic heterocycles. The average molecular weight is 496 g/mol. The largest absolute Gasteiger partial charge is 0.495 e. The van der Waals surface area contributed by atoms with E-state index < -0.39 is 15.9 Å². The van der Waals surface area contributed by atoms with Crippen molar-refractivity contribution in [2.75, 3.05) is 36.6 Å². The SMILES string of the molecule is COc1cc(OC)c(N2C[C@@H](C(=O)N[C@H](C)c3ccc(NS(C)(=O)=O)cc3)CC2=O)cc1Cl. The van der Waals surface area contributed by atoms with Gasteiger partial charge in [0.05, 0.1) is 43.1 Å². The van der Waals surface area contributed by atoms with Gasteiger partial charge >= 0.3 is 0 Å². The highest BCUT2D eigenvalue weighted by Gasteiger charge is 2.37. The molecule has 1 fully saturated rings. The summed E-state index contributed by atoms with van der Waals surface area (Å²) >= 11 is 6.23. The molecule has 1 heterocycles. The van der Waals surface area contributed by atoms with Crippen LogP contribution < -0.4 is 24.4 Å². The van der Waals surface area contributed by atoms with E-state index in [0.717, 1.165) is 11.8 Å². The summed E-state index contributed by atoms with van der Waals surface area (Å²) in [6.07, 6.45) is 1.13. The van der Waals surface area contributed by atoms with Crippen LogP contribution in [0.3, 0.4) is 0 Å². The quantitative estimate of drug-likeness (QED) is 0.582. The van der Waals surface area contributed by atoms with Gasteiger partial charge in [0.25, 0.3) is 0 Å². The molecule has 0 aliphatic carbocycles. The lowest BCUT2D eigenvalue weighted by molar-refractivity contribution is -0.126. The van der Waals surface area contributed by atoms with Gasteiger partial charge in [0.1, 0.15) is 11.5 Å². The monoisotopic (exact) mass is 495 g/mol. The van der Waals surface area contributed by atoms with Crippen molar-refractivity contribution in [2.24, 2.45) is 5.92 Å².